The van der Waals surface area contributed by atoms with Crippen LogP contribution in [-0.4, -0.2) is 72.9 Å². The third-order valence-electron chi connectivity index (χ3n) is 8.01. The third kappa shape index (κ3) is 4.41. The number of nitrogens with one attached hydrogen (secondary N) is 1. The van der Waals surface area contributed by atoms with Crippen molar-refractivity contribution in [1.82, 2.24) is 19.8 Å². The highest BCUT2D eigenvalue weighted by molar-refractivity contribution is 7.92. The fraction of sp³-hybridized carbons (Fsp3) is 0.393. The fourth-order valence-corrected chi connectivity index (χ4v) is 7.09. The first kappa shape index (κ1) is 24.8. The maximum absolute atomic E-state index is 13.6. The van der Waals surface area contributed by atoms with Gasteiger partial charge in [-0.15, -0.1) is 0 Å². The van der Waals surface area contributed by atoms with Crippen LogP contribution in [0.2, 0.25) is 0 Å². The SMILES string of the molecule is Cc1cccc(C)c1-c1cc2nc(n1)NS(=O)(=O)c1cccc(c1)C(=O)N1CC3C(CCCN3C)[C@@H](C1)O2. The molecule has 38 heavy (non-hydrogen) atoms. The van der Waals surface area contributed by atoms with Crippen LogP contribution >= 0.6 is 0 Å². The first-order valence-electron chi connectivity index (χ1n) is 12.9. The first-order chi connectivity index (χ1) is 18.2. The van der Waals surface area contributed by atoms with E-state index >= 15 is 0 Å². The highest BCUT2D eigenvalue weighted by Crippen LogP contribution is 2.35. The standard InChI is InChI=1S/C28H31N5O4S/c1-17-7-4-8-18(2)26(17)22-14-25-30-28(29-22)31-38(35,36)20-10-5-9-19(13-20)27(34)33-15-23-21(24(16-33)37-25)11-6-12-32(23)3/h4-5,7-10,13-14,21,23-24H,6,11-12,15-16H2,1-3H3,(H,29,30,31)/t21?,23?,24-/m1/s1. The summed E-state index contributed by atoms with van der Waals surface area (Å²) in [6, 6.07) is 14.0. The molecule has 3 aliphatic heterocycles. The quantitative estimate of drug-likeness (QED) is 0.511. The largest absolute Gasteiger partial charge is 0.472 e. The summed E-state index contributed by atoms with van der Waals surface area (Å²) in [7, 11) is -1.97. The Bertz CT molecular complexity index is 1510. The number of ether oxygens (including phenoxy) is 1. The number of amides is 1. The van der Waals surface area contributed by atoms with Crippen molar-refractivity contribution in [2.45, 2.75) is 43.7 Å². The minimum Gasteiger partial charge on any atom is -0.472 e. The number of hydrogen-bond acceptors (Lipinski definition) is 7. The molecule has 2 fully saturated rings. The van der Waals surface area contributed by atoms with Crippen molar-refractivity contribution < 1.29 is 17.9 Å². The maximum Gasteiger partial charge on any atom is 0.264 e. The predicted molar refractivity (Wildman–Crippen MR) is 144 cm³/mol. The van der Waals surface area contributed by atoms with E-state index in [9.17, 15) is 13.2 Å². The Hall–Kier alpha value is -3.50. The molecule has 1 N–H and O–H groups in total. The third-order valence-corrected chi connectivity index (χ3v) is 9.34. The summed E-state index contributed by atoms with van der Waals surface area (Å²) in [5, 5.41) is 0. The number of likely N-dealkylation sites (N-methyl/N-ethyl adjacent to an activating group) is 1. The number of aryl methyl sites for hydroxylation is 2. The number of fused-ring (bicyclic) bond motifs is 8. The molecule has 2 unspecified atom stereocenters. The van der Waals surface area contributed by atoms with Crippen molar-refractivity contribution in [3.63, 3.8) is 0 Å². The van der Waals surface area contributed by atoms with Crippen molar-refractivity contribution in [3.8, 4) is 17.1 Å². The molecule has 6 rings (SSSR count). The summed E-state index contributed by atoms with van der Waals surface area (Å²) < 4.78 is 35.8. The number of sulfonamides is 1. The van der Waals surface area contributed by atoms with Crippen LogP contribution in [0.15, 0.2) is 53.4 Å². The van der Waals surface area contributed by atoms with Crippen molar-refractivity contribution in [3.05, 3.63) is 65.2 Å². The molecule has 2 aromatic carbocycles. The normalized spacial score (nSPS) is 24.7. The zero-order valence-electron chi connectivity index (χ0n) is 21.7. The highest BCUT2D eigenvalue weighted by atomic mass is 32.2. The molecule has 2 saturated heterocycles. The van der Waals surface area contributed by atoms with E-state index in [0.29, 0.717) is 24.3 Å². The number of carbonyl (C=O) groups excluding carboxylic acids is 1. The van der Waals surface area contributed by atoms with Gasteiger partial charge in [0.25, 0.3) is 15.9 Å². The summed E-state index contributed by atoms with van der Waals surface area (Å²) in [5.74, 6) is 0.225. The predicted octanol–water partition coefficient (Wildman–Crippen LogP) is 3.49. The van der Waals surface area contributed by atoms with Crippen molar-refractivity contribution in [2.75, 3.05) is 31.4 Å². The molecule has 3 atom stereocenters. The van der Waals surface area contributed by atoms with E-state index in [1.54, 1.807) is 23.1 Å². The number of benzene rings is 2. The minimum atomic E-state index is -4.06. The minimum absolute atomic E-state index is 0.0210. The summed E-state index contributed by atoms with van der Waals surface area (Å²) in [6.45, 7) is 5.92. The Kier molecular flexibility index (Phi) is 6.11. The van der Waals surface area contributed by atoms with Gasteiger partial charge in [-0.3, -0.25) is 4.79 Å². The van der Waals surface area contributed by atoms with Crippen LogP contribution in [0, 0.1) is 19.8 Å². The van der Waals surface area contributed by atoms with Crippen LogP contribution in [-0.2, 0) is 10.0 Å². The molecule has 198 valence electrons. The number of piperidine rings is 2. The number of likely N-dealkylation sites (tertiary alicyclic amines) is 1. The zero-order chi connectivity index (χ0) is 26.6. The summed E-state index contributed by atoms with van der Waals surface area (Å²) in [6.07, 6.45) is 1.75. The molecule has 0 spiro atoms. The molecule has 3 aliphatic rings. The molecular weight excluding hydrogens is 502 g/mol. The number of hydrogen-bond donors (Lipinski definition) is 1. The topological polar surface area (TPSA) is 105 Å². The van der Waals surface area contributed by atoms with Gasteiger partial charge >= 0.3 is 0 Å². The van der Waals surface area contributed by atoms with Gasteiger partial charge in [-0.2, -0.15) is 4.98 Å². The molecule has 1 amide bonds. The Morgan fingerprint density at radius 3 is 2.58 bits per heavy atom. The van der Waals surface area contributed by atoms with Crippen LogP contribution in [0.4, 0.5) is 5.95 Å². The van der Waals surface area contributed by atoms with E-state index in [-0.39, 0.29) is 40.7 Å². The number of nitrogens with zero attached hydrogens (tertiary/aromatic N) is 4. The number of aromatic nitrogens is 2. The van der Waals surface area contributed by atoms with Gasteiger partial charge in [0.2, 0.25) is 11.8 Å². The maximum atomic E-state index is 13.6. The summed E-state index contributed by atoms with van der Waals surface area (Å²) in [5.41, 5.74) is 3.83. The van der Waals surface area contributed by atoms with Crippen LogP contribution in [0.3, 0.4) is 0 Å². The van der Waals surface area contributed by atoms with Gasteiger partial charge in [0.15, 0.2) is 0 Å². The van der Waals surface area contributed by atoms with Gasteiger partial charge in [0, 0.05) is 35.7 Å². The van der Waals surface area contributed by atoms with Gasteiger partial charge in [0.1, 0.15) is 6.10 Å². The van der Waals surface area contributed by atoms with Gasteiger partial charge in [-0.1, -0.05) is 24.3 Å². The van der Waals surface area contributed by atoms with Crippen molar-refractivity contribution in [1.29, 1.82) is 0 Å². The lowest BCUT2D eigenvalue weighted by molar-refractivity contribution is -0.0355. The molecular formula is C28H31N5O4S. The van der Waals surface area contributed by atoms with Crippen LogP contribution in [0.25, 0.3) is 11.3 Å². The van der Waals surface area contributed by atoms with E-state index < -0.39 is 10.0 Å². The van der Waals surface area contributed by atoms with Crippen LogP contribution < -0.4 is 9.46 Å². The lowest BCUT2D eigenvalue weighted by Crippen LogP contribution is -2.62. The monoisotopic (exact) mass is 533 g/mol. The van der Waals surface area contributed by atoms with Crippen molar-refractivity contribution >= 4 is 21.9 Å². The molecule has 6 bridgehead atoms. The Morgan fingerprint density at radius 1 is 1.03 bits per heavy atom. The molecule has 3 aromatic rings. The fourth-order valence-electron chi connectivity index (χ4n) is 6.10. The van der Waals surface area contributed by atoms with E-state index in [0.717, 1.165) is 36.1 Å². The second-order valence-electron chi connectivity index (χ2n) is 10.5. The summed E-state index contributed by atoms with van der Waals surface area (Å²) in [4.78, 5) is 26.8. The van der Waals surface area contributed by atoms with E-state index in [4.69, 9.17) is 4.74 Å². The van der Waals surface area contributed by atoms with E-state index in [1.807, 2.05) is 32.0 Å². The number of anilines is 1. The average Bonchev–Trinajstić information content (AvgIpc) is 2.88. The van der Waals surface area contributed by atoms with Gasteiger partial charge in [0.05, 0.1) is 17.1 Å². The van der Waals surface area contributed by atoms with Gasteiger partial charge in [-0.05, 0) is 69.6 Å². The number of rotatable bonds is 1. The highest BCUT2D eigenvalue weighted by Gasteiger charge is 2.44. The smallest absolute Gasteiger partial charge is 0.264 e. The Labute approximate surface area is 222 Å². The summed E-state index contributed by atoms with van der Waals surface area (Å²) >= 11 is 0. The van der Waals surface area contributed by atoms with Crippen LogP contribution in [0.1, 0.15) is 34.3 Å². The molecule has 0 saturated carbocycles. The molecule has 1 aromatic heterocycles. The van der Waals surface area contributed by atoms with Gasteiger partial charge < -0.3 is 14.5 Å². The average molecular weight is 534 g/mol. The second-order valence-corrected chi connectivity index (χ2v) is 12.2. The van der Waals surface area contributed by atoms with E-state index in [1.165, 1.54) is 12.1 Å². The van der Waals surface area contributed by atoms with Crippen LogP contribution in [0.5, 0.6) is 5.88 Å². The molecule has 9 nitrogen and oxygen atoms in total. The second kappa shape index (κ2) is 9.36. The van der Waals surface area contributed by atoms with E-state index in [2.05, 4.69) is 26.6 Å². The molecule has 0 radical (unpaired) electrons. The van der Waals surface area contributed by atoms with Gasteiger partial charge in [-0.25, -0.2) is 18.1 Å². The Morgan fingerprint density at radius 2 is 1.79 bits per heavy atom. The molecule has 10 heteroatoms. The van der Waals surface area contributed by atoms with Crippen molar-refractivity contribution in [2.24, 2.45) is 5.92 Å². The molecule has 4 heterocycles. The number of carbonyl (C=O) groups is 1. The lowest BCUT2D eigenvalue weighted by Gasteiger charge is -2.49. The zero-order valence-corrected chi connectivity index (χ0v) is 22.5. The Balaban J connectivity index is 1.53. The lowest BCUT2D eigenvalue weighted by atomic mass is 9.81. The molecule has 0 aliphatic carbocycles. The first-order valence-corrected chi connectivity index (χ1v) is 14.4.